The molecule has 39 heavy (non-hydrogen) atoms. The Morgan fingerprint density at radius 1 is 0.974 bits per heavy atom. The minimum absolute atomic E-state index is 0.0585. The molecule has 2 atom stereocenters. The molecule has 2 aromatic rings. The predicted octanol–water partition coefficient (Wildman–Crippen LogP) is 5.73. The SMILES string of the molecule is CC(C)(F)C[C@H](N[C@@H](c1ccc(-c2ccc(C3(CC(=O)O)CC3)cc2)cc1)C(F)(F)F)C(=O)NC1(C#N)CC1. The summed E-state index contributed by atoms with van der Waals surface area (Å²) in [6, 6.07) is 11.3. The Morgan fingerprint density at radius 2 is 1.51 bits per heavy atom. The van der Waals surface area contributed by atoms with Gasteiger partial charge in [0.2, 0.25) is 5.91 Å². The zero-order valence-electron chi connectivity index (χ0n) is 21.7. The maximum atomic E-state index is 14.5. The zero-order valence-corrected chi connectivity index (χ0v) is 21.7. The molecule has 4 rings (SSSR count). The van der Waals surface area contributed by atoms with Crippen LogP contribution in [0.3, 0.4) is 0 Å². The Kier molecular flexibility index (Phi) is 7.52. The lowest BCUT2D eigenvalue weighted by Gasteiger charge is -2.30. The molecule has 2 saturated carbocycles. The van der Waals surface area contributed by atoms with Crippen LogP contribution in [0.25, 0.3) is 11.1 Å². The predicted molar refractivity (Wildman–Crippen MR) is 136 cm³/mol. The second kappa shape index (κ2) is 10.3. The highest BCUT2D eigenvalue weighted by atomic mass is 19.4. The van der Waals surface area contributed by atoms with Crippen LogP contribution < -0.4 is 10.6 Å². The number of amides is 1. The van der Waals surface area contributed by atoms with Crippen molar-refractivity contribution in [3.05, 3.63) is 59.7 Å². The van der Waals surface area contributed by atoms with Crippen LogP contribution in [0.15, 0.2) is 48.5 Å². The number of carbonyl (C=O) groups is 2. The van der Waals surface area contributed by atoms with Gasteiger partial charge in [-0.25, -0.2) is 4.39 Å². The number of hydrogen-bond donors (Lipinski definition) is 3. The number of benzene rings is 2. The van der Waals surface area contributed by atoms with E-state index in [-0.39, 0.29) is 17.4 Å². The average Bonchev–Trinajstić information content (AvgIpc) is 3.78. The number of hydrogen-bond acceptors (Lipinski definition) is 4. The fourth-order valence-corrected chi connectivity index (χ4v) is 4.90. The van der Waals surface area contributed by atoms with Gasteiger partial charge >= 0.3 is 12.1 Å². The first-order valence-corrected chi connectivity index (χ1v) is 12.8. The Morgan fingerprint density at radius 3 is 1.92 bits per heavy atom. The van der Waals surface area contributed by atoms with Crippen molar-refractivity contribution in [2.75, 3.05) is 0 Å². The number of rotatable bonds is 11. The van der Waals surface area contributed by atoms with Crippen LogP contribution in [0.1, 0.15) is 69.5 Å². The highest BCUT2D eigenvalue weighted by molar-refractivity contribution is 5.83. The average molecular weight is 546 g/mol. The van der Waals surface area contributed by atoms with Crippen LogP contribution in [0.5, 0.6) is 0 Å². The summed E-state index contributed by atoms with van der Waals surface area (Å²) < 4.78 is 57.0. The number of alkyl halides is 4. The van der Waals surface area contributed by atoms with Crippen molar-refractivity contribution in [1.82, 2.24) is 10.6 Å². The molecule has 2 fully saturated rings. The first-order valence-electron chi connectivity index (χ1n) is 12.8. The van der Waals surface area contributed by atoms with E-state index in [1.807, 2.05) is 30.3 Å². The molecule has 1 amide bonds. The molecule has 2 aliphatic rings. The highest BCUT2D eigenvalue weighted by Gasteiger charge is 2.48. The number of halogens is 4. The van der Waals surface area contributed by atoms with Crippen molar-refractivity contribution < 1.29 is 32.3 Å². The maximum absolute atomic E-state index is 14.5. The molecule has 0 saturated heterocycles. The largest absolute Gasteiger partial charge is 0.481 e. The topological polar surface area (TPSA) is 102 Å². The fraction of sp³-hybridized carbons (Fsp3) is 0.483. The van der Waals surface area contributed by atoms with Crippen LogP contribution in [-0.2, 0) is 15.0 Å². The number of nitrogens with zero attached hydrogens (tertiary/aromatic N) is 1. The van der Waals surface area contributed by atoms with E-state index in [2.05, 4.69) is 10.6 Å². The number of carboxylic acids is 1. The van der Waals surface area contributed by atoms with Gasteiger partial charge in [-0.1, -0.05) is 48.5 Å². The molecule has 0 bridgehead atoms. The van der Waals surface area contributed by atoms with E-state index in [0.717, 1.165) is 24.0 Å². The summed E-state index contributed by atoms with van der Waals surface area (Å²) in [5, 5.41) is 23.2. The Labute approximate surface area is 224 Å². The Balaban J connectivity index is 1.53. The standard InChI is InChI=1S/C29H31F4N3O3/c1-26(2,30)15-22(25(39)36-28(17-34)13-14-28)35-24(29(31,32)33)20-5-3-18(4-6-20)19-7-9-21(10-8-19)27(11-12-27)16-23(37)38/h3-10,22,24,35H,11-16H2,1-2H3,(H,36,39)(H,37,38)/t22-,24-/m0/s1. The van der Waals surface area contributed by atoms with Crippen molar-refractivity contribution in [3.8, 4) is 17.2 Å². The smallest absolute Gasteiger partial charge is 0.407 e. The van der Waals surface area contributed by atoms with Gasteiger partial charge in [-0.15, -0.1) is 0 Å². The molecule has 0 unspecified atom stereocenters. The summed E-state index contributed by atoms with van der Waals surface area (Å²) >= 11 is 0. The minimum Gasteiger partial charge on any atom is -0.481 e. The third-order valence-electron chi connectivity index (χ3n) is 7.45. The third kappa shape index (κ3) is 6.95. The number of nitriles is 1. The van der Waals surface area contributed by atoms with E-state index >= 15 is 0 Å². The second-order valence-electron chi connectivity index (χ2n) is 11.4. The van der Waals surface area contributed by atoms with Gasteiger partial charge in [0.25, 0.3) is 0 Å². The number of aliphatic carboxylic acids is 1. The van der Waals surface area contributed by atoms with Gasteiger partial charge in [0.15, 0.2) is 0 Å². The molecule has 0 aromatic heterocycles. The monoisotopic (exact) mass is 545 g/mol. The first kappa shape index (κ1) is 28.6. The molecule has 2 aromatic carbocycles. The summed E-state index contributed by atoms with van der Waals surface area (Å²) in [7, 11) is 0. The summed E-state index contributed by atoms with van der Waals surface area (Å²) in [6.45, 7) is 2.36. The third-order valence-corrected chi connectivity index (χ3v) is 7.45. The number of nitrogens with one attached hydrogen (secondary N) is 2. The normalized spacial score (nSPS) is 18.9. The van der Waals surface area contributed by atoms with Gasteiger partial charge in [-0.2, -0.15) is 18.4 Å². The quantitative estimate of drug-likeness (QED) is 0.313. The molecule has 10 heteroatoms. The molecule has 0 aliphatic heterocycles. The molecule has 0 heterocycles. The van der Waals surface area contributed by atoms with Crippen molar-refractivity contribution in [1.29, 1.82) is 5.26 Å². The van der Waals surface area contributed by atoms with Crippen molar-refractivity contribution in [2.24, 2.45) is 0 Å². The fourth-order valence-electron chi connectivity index (χ4n) is 4.90. The second-order valence-corrected chi connectivity index (χ2v) is 11.4. The van der Waals surface area contributed by atoms with Gasteiger partial charge in [0, 0.05) is 11.8 Å². The van der Waals surface area contributed by atoms with Crippen LogP contribution in [0.2, 0.25) is 0 Å². The summed E-state index contributed by atoms with van der Waals surface area (Å²) in [6.07, 6.45) is -2.84. The molecule has 208 valence electrons. The van der Waals surface area contributed by atoms with Gasteiger partial charge in [-0.3, -0.25) is 14.9 Å². The van der Waals surface area contributed by atoms with Gasteiger partial charge in [0.05, 0.1) is 18.5 Å². The van der Waals surface area contributed by atoms with E-state index in [1.165, 1.54) is 38.1 Å². The molecule has 0 radical (unpaired) electrons. The highest BCUT2D eigenvalue weighted by Crippen LogP contribution is 2.51. The lowest BCUT2D eigenvalue weighted by atomic mass is 9.90. The minimum atomic E-state index is -4.78. The van der Waals surface area contributed by atoms with Crippen LogP contribution >= 0.6 is 0 Å². The maximum Gasteiger partial charge on any atom is 0.407 e. The summed E-state index contributed by atoms with van der Waals surface area (Å²) in [5.74, 6) is -1.70. The van der Waals surface area contributed by atoms with Crippen molar-refractivity contribution in [2.45, 2.75) is 87.3 Å². The molecule has 0 spiro atoms. The summed E-state index contributed by atoms with van der Waals surface area (Å²) in [4.78, 5) is 24.0. The Bertz CT molecular complexity index is 1250. The molecule has 2 aliphatic carbocycles. The number of carbonyl (C=O) groups excluding carboxylic acids is 1. The number of carboxylic acid groups (broad SMARTS) is 1. The van der Waals surface area contributed by atoms with Gasteiger partial charge in [0.1, 0.15) is 17.2 Å². The molecular formula is C29H31F4N3O3. The van der Waals surface area contributed by atoms with Gasteiger partial charge < -0.3 is 10.4 Å². The summed E-state index contributed by atoms with van der Waals surface area (Å²) in [5.41, 5.74) is -1.17. The van der Waals surface area contributed by atoms with E-state index in [1.54, 1.807) is 0 Å². The zero-order chi connectivity index (χ0) is 28.6. The Hall–Kier alpha value is -3.45. The van der Waals surface area contributed by atoms with Gasteiger partial charge in [-0.05, 0) is 61.8 Å². The van der Waals surface area contributed by atoms with Crippen molar-refractivity contribution >= 4 is 11.9 Å². The van der Waals surface area contributed by atoms with Crippen molar-refractivity contribution in [3.63, 3.8) is 0 Å². The molecule has 3 N–H and O–H groups in total. The lowest BCUT2D eigenvalue weighted by molar-refractivity contribution is -0.161. The van der Waals surface area contributed by atoms with Crippen LogP contribution in [-0.4, -0.2) is 40.4 Å². The lowest BCUT2D eigenvalue weighted by Crippen LogP contribution is -2.53. The van der Waals surface area contributed by atoms with E-state index < -0.39 is 47.8 Å². The van der Waals surface area contributed by atoms with Crippen LogP contribution in [0, 0.1) is 11.3 Å². The molecule has 6 nitrogen and oxygen atoms in total. The van der Waals surface area contributed by atoms with Crippen LogP contribution in [0.4, 0.5) is 17.6 Å². The van der Waals surface area contributed by atoms with E-state index in [0.29, 0.717) is 18.4 Å². The van der Waals surface area contributed by atoms with E-state index in [4.69, 9.17) is 0 Å². The first-order chi connectivity index (χ1) is 18.2. The van der Waals surface area contributed by atoms with E-state index in [9.17, 15) is 37.5 Å². The molecular weight excluding hydrogens is 514 g/mol.